The van der Waals surface area contributed by atoms with E-state index in [1.54, 1.807) is 12.1 Å². The number of imide groups is 1. The van der Waals surface area contributed by atoms with Gasteiger partial charge in [-0.1, -0.05) is 30.3 Å². The molecule has 3 aromatic rings. The number of benzene rings is 3. The minimum atomic E-state index is -0.682. The van der Waals surface area contributed by atoms with Gasteiger partial charge >= 0.3 is 0 Å². The summed E-state index contributed by atoms with van der Waals surface area (Å²) in [5.74, 6) is -1.61. The molecule has 0 aromatic heterocycles. The van der Waals surface area contributed by atoms with Crippen molar-refractivity contribution >= 4 is 17.7 Å². The van der Waals surface area contributed by atoms with Crippen molar-refractivity contribution in [2.75, 3.05) is 13.1 Å². The maximum Gasteiger partial charge on any atom is 0.255 e. The number of carbonyl (C=O) groups excluding carboxylic acids is 3. The molecule has 0 aliphatic carbocycles. The Morgan fingerprint density at radius 1 is 0.929 bits per heavy atom. The lowest BCUT2D eigenvalue weighted by Crippen LogP contribution is -2.54. The summed E-state index contributed by atoms with van der Waals surface area (Å²) in [7, 11) is 0. The molecule has 0 bridgehead atoms. The summed E-state index contributed by atoms with van der Waals surface area (Å²) in [6.07, 6.45) is 0.989. The average molecular weight is 575 g/mol. The minimum Gasteiger partial charge on any atom is -0.487 e. The van der Waals surface area contributed by atoms with Crippen molar-refractivity contribution < 1.29 is 27.9 Å². The molecule has 8 nitrogen and oxygen atoms in total. The highest BCUT2D eigenvalue weighted by Gasteiger charge is 2.39. The number of hydrogen-bond acceptors (Lipinski definition) is 6. The van der Waals surface area contributed by atoms with Gasteiger partial charge in [0.1, 0.15) is 29.5 Å². The van der Waals surface area contributed by atoms with Crippen LogP contribution in [0.4, 0.5) is 8.78 Å². The number of nitrogens with zero attached hydrogens (tertiary/aromatic N) is 2. The highest BCUT2D eigenvalue weighted by molar-refractivity contribution is 6.05. The molecule has 1 unspecified atom stereocenters. The second kappa shape index (κ2) is 12.0. The Bertz CT molecular complexity index is 1480. The fraction of sp³-hybridized carbons (Fsp3) is 0.344. The van der Waals surface area contributed by atoms with Gasteiger partial charge in [0.05, 0.1) is 0 Å². The molecule has 10 heteroatoms. The molecule has 0 saturated carbocycles. The van der Waals surface area contributed by atoms with Crippen molar-refractivity contribution in [2.24, 2.45) is 0 Å². The highest BCUT2D eigenvalue weighted by Crippen LogP contribution is 2.31. The molecule has 6 rings (SSSR count). The van der Waals surface area contributed by atoms with E-state index in [-0.39, 0.29) is 36.9 Å². The van der Waals surface area contributed by atoms with Gasteiger partial charge in [-0.3, -0.25) is 24.6 Å². The maximum absolute atomic E-state index is 13.8. The van der Waals surface area contributed by atoms with Gasteiger partial charge in [0.2, 0.25) is 11.8 Å². The lowest BCUT2D eigenvalue weighted by Gasteiger charge is -2.39. The van der Waals surface area contributed by atoms with E-state index < -0.39 is 23.6 Å². The monoisotopic (exact) mass is 574 g/mol. The normalized spacial score (nSPS) is 22.7. The predicted octanol–water partition coefficient (Wildman–Crippen LogP) is 3.54. The van der Waals surface area contributed by atoms with Gasteiger partial charge in [-0.05, 0) is 59.9 Å². The Hall–Kier alpha value is -4.15. The zero-order valence-corrected chi connectivity index (χ0v) is 23.0. The number of halogens is 2. The van der Waals surface area contributed by atoms with Gasteiger partial charge in [-0.2, -0.15) is 0 Å². The van der Waals surface area contributed by atoms with Crippen LogP contribution in [0.3, 0.4) is 0 Å². The molecule has 2 fully saturated rings. The maximum atomic E-state index is 13.8. The van der Waals surface area contributed by atoms with Crippen LogP contribution in [0.5, 0.6) is 5.75 Å². The zero-order valence-electron chi connectivity index (χ0n) is 23.0. The first-order valence-electron chi connectivity index (χ1n) is 14.2. The second-order valence-electron chi connectivity index (χ2n) is 11.1. The Balaban J connectivity index is 1.18. The Morgan fingerprint density at radius 3 is 2.48 bits per heavy atom. The third kappa shape index (κ3) is 6.19. The zero-order chi connectivity index (χ0) is 29.2. The van der Waals surface area contributed by atoms with Crippen molar-refractivity contribution in [3.05, 3.63) is 101 Å². The fourth-order valence-electron chi connectivity index (χ4n) is 6.08. The van der Waals surface area contributed by atoms with Crippen LogP contribution >= 0.6 is 0 Å². The summed E-state index contributed by atoms with van der Waals surface area (Å²) in [4.78, 5) is 40.7. The molecule has 2 N–H and O–H groups in total. The quantitative estimate of drug-likeness (QED) is 0.400. The smallest absolute Gasteiger partial charge is 0.255 e. The lowest BCUT2D eigenvalue weighted by atomic mass is 10.00. The number of rotatable bonds is 8. The summed E-state index contributed by atoms with van der Waals surface area (Å²) >= 11 is 0. The third-order valence-corrected chi connectivity index (χ3v) is 8.17. The molecule has 3 aromatic carbocycles. The van der Waals surface area contributed by atoms with Gasteiger partial charge < -0.3 is 15.0 Å². The third-order valence-electron chi connectivity index (χ3n) is 8.17. The average Bonchev–Trinajstić information content (AvgIpc) is 3.28. The predicted molar refractivity (Wildman–Crippen MR) is 150 cm³/mol. The Morgan fingerprint density at radius 2 is 1.71 bits per heavy atom. The van der Waals surface area contributed by atoms with E-state index in [4.69, 9.17) is 4.74 Å². The molecular weight excluding hydrogens is 542 g/mol. The molecule has 0 radical (unpaired) electrons. The van der Waals surface area contributed by atoms with Gasteiger partial charge in [-0.25, -0.2) is 8.78 Å². The summed E-state index contributed by atoms with van der Waals surface area (Å²) in [6.45, 7) is 2.57. The van der Waals surface area contributed by atoms with Gasteiger partial charge in [0, 0.05) is 56.8 Å². The van der Waals surface area contributed by atoms with Crippen LogP contribution in [0.1, 0.15) is 46.3 Å². The lowest BCUT2D eigenvalue weighted by molar-refractivity contribution is -0.136. The summed E-state index contributed by atoms with van der Waals surface area (Å²) in [5, 5.41) is 5.95. The number of amides is 3. The first kappa shape index (κ1) is 28.0. The Labute approximate surface area is 242 Å². The number of hydrogen-bond donors (Lipinski definition) is 2. The number of carbonyl (C=O) groups is 3. The first-order valence-corrected chi connectivity index (χ1v) is 14.2. The molecule has 3 aliphatic heterocycles. The molecule has 3 heterocycles. The fourth-order valence-corrected chi connectivity index (χ4v) is 6.08. The Kier molecular flexibility index (Phi) is 7.99. The standard InChI is InChI=1S/C32H32F2N4O4/c33-23-12-21(13-24(34)15-23)17-37-11-10-27(35-16-20-4-2-1-3-5-20)29(19-37)42-25-6-7-26-22(14-25)18-38(32(26)41)28-8-9-30(39)36-31(28)40/h1-7,12-15,27-29,35H,8-11,16-19H2,(H,36,39,40)/t27-,28?,29-/m0/s1. The van der Waals surface area contributed by atoms with E-state index in [0.29, 0.717) is 42.9 Å². The molecule has 2 saturated heterocycles. The van der Waals surface area contributed by atoms with E-state index in [1.165, 1.54) is 17.0 Å². The van der Waals surface area contributed by atoms with E-state index >= 15 is 0 Å². The summed E-state index contributed by atoms with van der Waals surface area (Å²) in [5.41, 5.74) is 2.99. The molecular formula is C32H32F2N4O4. The van der Waals surface area contributed by atoms with Crippen LogP contribution in [-0.2, 0) is 29.2 Å². The highest BCUT2D eigenvalue weighted by atomic mass is 19.1. The number of nitrogens with one attached hydrogen (secondary N) is 2. The molecule has 3 atom stereocenters. The summed E-state index contributed by atoms with van der Waals surface area (Å²) in [6, 6.07) is 18.3. The molecule has 218 valence electrons. The molecule has 42 heavy (non-hydrogen) atoms. The second-order valence-corrected chi connectivity index (χ2v) is 11.1. The van der Waals surface area contributed by atoms with Crippen molar-refractivity contribution in [2.45, 2.75) is 57.1 Å². The van der Waals surface area contributed by atoms with Crippen LogP contribution in [0.25, 0.3) is 0 Å². The van der Waals surface area contributed by atoms with Crippen LogP contribution in [-0.4, -0.2) is 58.8 Å². The molecule has 3 aliphatic rings. The van der Waals surface area contributed by atoms with E-state index in [0.717, 1.165) is 30.2 Å². The number of piperidine rings is 2. The SMILES string of the molecule is O=C1CCC(N2Cc3cc(O[C@H]4CN(Cc5cc(F)cc(F)c5)CC[C@@H]4NCc4ccccc4)ccc3C2=O)C(=O)N1. The van der Waals surface area contributed by atoms with Crippen molar-refractivity contribution in [3.63, 3.8) is 0 Å². The van der Waals surface area contributed by atoms with Crippen LogP contribution in [0.15, 0.2) is 66.7 Å². The van der Waals surface area contributed by atoms with Gasteiger partial charge in [-0.15, -0.1) is 0 Å². The van der Waals surface area contributed by atoms with Crippen molar-refractivity contribution in [1.29, 1.82) is 0 Å². The van der Waals surface area contributed by atoms with E-state index in [1.807, 2.05) is 24.3 Å². The van der Waals surface area contributed by atoms with Crippen molar-refractivity contribution in [3.8, 4) is 5.75 Å². The molecule has 0 spiro atoms. The topological polar surface area (TPSA) is 91.0 Å². The van der Waals surface area contributed by atoms with Crippen LogP contribution in [0, 0.1) is 11.6 Å². The number of likely N-dealkylation sites (tertiary alicyclic amines) is 1. The summed E-state index contributed by atoms with van der Waals surface area (Å²) < 4.78 is 34.2. The van der Waals surface area contributed by atoms with Crippen LogP contribution < -0.4 is 15.4 Å². The van der Waals surface area contributed by atoms with Gasteiger partial charge in [0.15, 0.2) is 0 Å². The number of fused-ring (bicyclic) bond motifs is 1. The van der Waals surface area contributed by atoms with Crippen molar-refractivity contribution in [1.82, 2.24) is 20.4 Å². The minimum absolute atomic E-state index is 0.0144. The van der Waals surface area contributed by atoms with E-state index in [2.05, 4.69) is 27.7 Å². The van der Waals surface area contributed by atoms with Crippen LogP contribution in [0.2, 0.25) is 0 Å². The van der Waals surface area contributed by atoms with E-state index in [9.17, 15) is 23.2 Å². The molecule has 3 amide bonds. The largest absolute Gasteiger partial charge is 0.487 e. The number of ether oxygens (including phenoxy) is 1. The first-order chi connectivity index (χ1) is 20.3. The van der Waals surface area contributed by atoms with Gasteiger partial charge in [0.25, 0.3) is 5.91 Å².